The van der Waals surface area contributed by atoms with Crippen molar-refractivity contribution in [3.8, 4) is 0 Å². The Kier molecular flexibility index (Phi) is 2.90. The lowest BCUT2D eigenvalue weighted by atomic mass is 9.99. The first kappa shape index (κ1) is 10.4. The number of likely N-dealkylation sites (tertiary alicyclic amines) is 1. The second-order valence-corrected chi connectivity index (χ2v) is 4.09. The highest BCUT2D eigenvalue weighted by Gasteiger charge is 2.40. The quantitative estimate of drug-likeness (QED) is 0.706. The van der Waals surface area contributed by atoms with E-state index in [2.05, 4.69) is 0 Å². The van der Waals surface area contributed by atoms with Crippen LogP contribution in [-0.2, 0) is 14.3 Å². The first-order valence-corrected chi connectivity index (χ1v) is 5.30. The molecule has 0 radical (unpaired) electrons. The normalized spacial score (nSPS) is 32.0. The number of piperidine rings is 1. The van der Waals surface area contributed by atoms with Crippen molar-refractivity contribution in [2.75, 3.05) is 19.8 Å². The van der Waals surface area contributed by atoms with Gasteiger partial charge in [-0.15, -0.1) is 0 Å². The van der Waals surface area contributed by atoms with E-state index < -0.39 is 11.9 Å². The Morgan fingerprint density at radius 1 is 1.40 bits per heavy atom. The smallest absolute Gasteiger partial charge is 0.311 e. The molecule has 5 heteroatoms. The van der Waals surface area contributed by atoms with E-state index in [-0.39, 0.29) is 18.6 Å². The third-order valence-electron chi connectivity index (χ3n) is 3.13. The zero-order chi connectivity index (χ0) is 10.8. The molecule has 2 saturated heterocycles. The van der Waals surface area contributed by atoms with Crippen LogP contribution in [0.15, 0.2) is 0 Å². The van der Waals surface area contributed by atoms with Gasteiger partial charge in [-0.3, -0.25) is 9.59 Å². The number of carbonyl (C=O) groups is 2. The second kappa shape index (κ2) is 4.18. The van der Waals surface area contributed by atoms with Crippen LogP contribution in [0.5, 0.6) is 0 Å². The van der Waals surface area contributed by atoms with E-state index in [9.17, 15) is 9.59 Å². The minimum absolute atomic E-state index is 0.0722. The number of aliphatic carboxylic acids is 1. The van der Waals surface area contributed by atoms with Gasteiger partial charge in [0.15, 0.2) is 0 Å². The van der Waals surface area contributed by atoms with Crippen molar-refractivity contribution in [2.24, 2.45) is 5.92 Å². The van der Waals surface area contributed by atoms with Gasteiger partial charge in [0.05, 0.1) is 19.3 Å². The summed E-state index contributed by atoms with van der Waals surface area (Å²) in [6.07, 6.45) is 2.43. The average molecular weight is 213 g/mol. The molecule has 0 aromatic heterocycles. The number of nitrogens with zero attached hydrogens (tertiary/aromatic N) is 1. The fourth-order valence-electron chi connectivity index (χ4n) is 2.26. The monoisotopic (exact) mass is 213 g/mol. The predicted molar refractivity (Wildman–Crippen MR) is 51.3 cm³/mol. The Morgan fingerprint density at radius 3 is 2.87 bits per heavy atom. The Morgan fingerprint density at radius 2 is 2.20 bits per heavy atom. The number of carboxylic acid groups (broad SMARTS) is 1. The van der Waals surface area contributed by atoms with Crippen molar-refractivity contribution in [3.05, 3.63) is 0 Å². The number of hydrogen-bond acceptors (Lipinski definition) is 3. The molecule has 2 heterocycles. The Bertz CT molecular complexity index is 279. The molecule has 2 atom stereocenters. The molecular weight excluding hydrogens is 198 g/mol. The van der Waals surface area contributed by atoms with Crippen molar-refractivity contribution in [3.63, 3.8) is 0 Å². The van der Waals surface area contributed by atoms with E-state index in [1.807, 2.05) is 0 Å². The van der Waals surface area contributed by atoms with Gasteiger partial charge in [-0.1, -0.05) is 0 Å². The van der Waals surface area contributed by atoms with Gasteiger partial charge in [0, 0.05) is 13.0 Å². The highest BCUT2D eigenvalue weighted by Crippen LogP contribution is 2.24. The van der Waals surface area contributed by atoms with Gasteiger partial charge >= 0.3 is 5.97 Å². The van der Waals surface area contributed by atoms with Crippen LogP contribution in [0, 0.1) is 5.92 Å². The van der Waals surface area contributed by atoms with Crippen molar-refractivity contribution in [2.45, 2.75) is 25.3 Å². The first-order chi connectivity index (χ1) is 7.20. The maximum Gasteiger partial charge on any atom is 0.311 e. The van der Waals surface area contributed by atoms with E-state index in [0.29, 0.717) is 19.6 Å². The summed E-state index contributed by atoms with van der Waals surface area (Å²) < 4.78 is 5.16. The van der Waals surface area contributed by atoms with Crippen LogP contribution >= 0.6 is 0 Å². The average Bonchev–Trinajstić information content (AvgIpc) is 2.67. The topological polar surface area (TPSA) is 66.8 Å². The molecule has 0 saturated carbocycles. The summed E-state index contributed by atoms with van der Waals surface area (Å²) in [5.41, 5.74) is 0. The van der Waals surface area contributed by atoms with E-state index in [1.165, 1.54) is 0 Å². The number of carbonyl (C=O) groups excluding carboxylic acids is 1. The molecule has 2 aliphatic heterocycles. The molecule has 0 aromatic rings. The van der Waals surface area contributed by atoms with Crippen LogP contribution in [0.1, 0.15) is 19.3 Å². The lowest BCUT2D eigenvalue weighted by Gasteiger charge is -2.33. The highest BCUT2D eigenvalue weighted by molar-refractivity contribution is 5.79. The maximum absolute atomic E-state index is 11.6. The molecular formula is C10H15NO4. The molecule has 0 aliphatic carbocycles. The number of amides is 1. The molecule has 2 rings (SSSR count). The largest absolute Gasteiger partial charge is 0.481 e. The molecule has 2 unspecified atom stereocenters. The fourth-order valence-corrected chi connectivity index (χ4v) is 2.26. The van der Waals surface area contributed by atoms with Crippen LogP contribution < -0.4 is 0 Å². The summed E-state index contributed by atoms with van der Waals surface area (Å²) in [7, 11) is 0. The van der Waals surface area contributed by atoms with Gasteiger partial charge in [-0.2, -0.15) is 0 Å². The fraction of sp³-hybridized carbons (Fsp3) is 0.800. The number of rotatable bonds is 2. The standard InChI is InChI=1S/C10H15NO4/c12-9-3-1-2-4-11(9)8-6-15-5-7(8)10(13)14/h7-8H,1-6H2,(H,13,14). The van der Waals surface area contributed by atoms with Gasteiger partial charge in [0.2, 0.25) is 5.91 Å². The summed E-state index contributed by atoms with van der Waals surface area (Å²) in [4.78, 5) is 24.3. The molecule has 1 N–H and O–H groups in total. The molecule has 5 nitrogen and oxygen atoms in total. The van der Waals surface area contributed by atoms with E-state index in [4.69, 9.17) is 9.84 Å². The zero-order valence-corrected chi connectivity index (χ0v) is 8.52. The lowest BCUT2D eigenvalue weighted by Crippen LogP contribution is -2.48. The molecule has 0 bridgehead atoms. The Balaban J connectivity index is 2.07. The van der Waals surface area contributed by atoms with Crippen molar-refractivity contribution >= 4 is 11.9 Å². The minimum Gasteiger partial charge on any atom is -0.481 e. The van der Waals surface area contributed by atoms with Gasteiger partial charge in [0.1, 0.15) is 5.92 Å². The van der Waals surface area contributed by atoms with Crippen LogP contribution in [0.25, 0.3) is 0 Å². The third-order valence-corrected chi connectivity index (χ3v) is 3.13. The summed E-state index contributed by atoms with van der Waals surface area (Å²) in [5.74, 6) is -1.34. The predicted octanol–water partition coefficient (Wildman–Crippen LogP) is 0.0985. The zero-order valence-electron chi connectivity index (χ0n) is 8.52. The molecule has 1 amide bonds. The SMILES string of the molecule is O=C(O)C1COCC1N1CCCCC1=O. The van der Waals surface area contributed by atoms with Crippen LogP contribution in [0.3, 0.4) is 0 Å². The van der Waals surface area contributed by atoms with Crippen LogP contribution in [0.2, 0.25) is 0 Å². The van der Waals surface area contributed by atoms with Gasteiger partial charge in [0.25, 0.3) is 0 Å². The molecule has 2 aliphatic rings. The summed E-state index contributed by atoms with van der Waals surface area (Å²) in [6.45, 7) is 1.27. The summed E-state index contributed by atoms with van der Waals surface area (Å²) in [5, 5.41) is 8.98. The first-order valence-electron chi connectivity index (χ1n) is 5.30. The maximum atomic E-state index is 11.6. The van der Waals surface area contributed by atoms with Gasteiger partial charge in [-0.25, -0.2) is 0 Å². The molecule has 15 heavy (non-hydrogen) atoms. The van der Waals surface area contributed by atoms with Crippen molar-refractivity contribution in [1.29, 1.82) is 0 Å². The number of carboxylic acids is 1. The van der Waals surface area contributed by atoms with E-state index in [1.54, 1.807) is 4.90 Å². The van der Waals surface area contributed by atoms with Crippen molar-refractivity contribution in [1.82, 2.24) is 4.90 Å². The van der Waals surface area contributed by atoms with Gasteiger partial charge < -0.3 is 14.7 Å². The molecule has 0 aromatic carbocycles. The number of ether oxygens (including phenoxy) is 1. The Hall–Kier alpha value is -1.10. The molecule has 84 valence electrons. The van der Waals surface area contributed by atoms with Crippen molar-refractivity contribution < 1.29 is 19.4 Å². The lowest BCUT2D eigenvalue weighted by molar-refractivity contribution is -0.145. The van der Waals surface area contributed by atoms with Crippen LogP contribution in [-0.4, -0.2) is 47.7 Å². The van der Waals surface area contributed by atoms with E-state index >= 15 is 0 Å². The summed E-state index contributed by atoms with van der Waals surface area (Å²) >= 11 is 0. The number of hydrogen-bond donors (Lipinski definition) is 1. The summed E-state index contributed by atoms with van der Waals surface area (Å²) in [6, 6.07) is -0.254. The Labute approximate surface area is 88.0 Å². The molecule has 0 spiro atoms. The highest BCUT2D eigenvalue weighted by atomic mass is 16.5. The van der Waals surface area contributed by atoms with Gasteiger partial charge in [-0.05, 0) is 12.8 Å². The second-order valence-electron chi connectivity index (χ2n) is 4.09. The molecule has 2 fully saturated rings. The third kappa shape index (κ3) is 1.97. The minimum atomic E-state index is -0.865. The van der Waals surface area contributed by atoms with Crippen LogP contribution in [0.4, 0.5) is 0 Å². The van der Waals surface area contributed by atoms with E-state index in [0.717, 1.165) is 12.8 Å².